The van der Waals surface area contributed by atoms with E-state index in [-0.39, 0.29) is 11.9 Å². The van der Waals surface area contributed by atoms with Crippen molar-refractivity contribution in [1.29, 1.82) is 0 Å². The van der Waals surface area contributed by atoms with Crippen LogP contribution in [0.3, 0.4) is 0 Å². The molecule has 0 atom stereocenters. The summed E-state index contributed by atoms with van der Waals surface area (Å²) >= 11 is 0. The third kappa shape index (κ3) is 16.2. The minimum absolute atomic E-state index is 0.268. The summed E-state index contributed by atoms with van der Waals surface area (Å²) in [5, 5.41) is 0. The number of carbonyl (C=O) groups is 2. The molecular weight excluding hydrogens is 408 g/mol. The van der Waals surface area contributed by atoms with Crippen molar-refractivity contribution in [2.24, 2.45) is 0 Å². The summed E-state index contributed by atoms with van der Waals surface area (Å²) in [5.41, 5.74) is 0.877. The van der Waals surface area contributed by atoms with Crippen LogP contribution in [-0.4, -0.2) is 63.4 Å². The number of hydrogen-bond donors (Lipinski definition) is 0. The summed E-state index contributed by atoms with van der Waals surface area (Å²) in [6.45, 7) is 18.1. The Hall–Kier alpha value is -1.27. The highest BCUT2D eigenvalue weighted by atomic mass is 28.4. The topological polar surface area (TPSA) is 80.3 Å². The van der Waals surface area contributed by atoms with Crippen LogP contribution < -0.4 is 0 Å². The van der Waals surface area contributed by atoms with Gasteiger partial charge < -0.3 is 22.8 Å². The van der Waals surface area contributed by atoms with Gasteiger partial charge in [-0.2, -0.15) is 0 Å². The van der Waals surface area contributed by atoms with Crippen LogP contribution in [0, 0.1) is 0 Å². The minimum atomic E-state index is -2.53. The van der Waals surface area contributed by atoms with Crippen molar-refractivity contribution in [2.45, 2.75) is 58.4 Å². The maximum absolute atomic E-state index is 11.1. The molecule has 29 heavy (non-hydrogen) atoms. The normalized spacial score (nSPS) is 11.2. The zero-order valence-electron chi connectivity index (χ0n) is 19.5. The minimum Gasteiger partial charge on any atom is -0.462 e. The largest absolute Gasteiger partial charge is 0.500 e. The van der Waals surface area contributed by atoms with Crippen molar-refractivity contribution in [3.63, 3.8) is 0 Å². The van der Waals surface area contributed by atoms with Gasteiger partial charge in [0.1, 0.15) is 0 Å². The Morgan fingerprint density at radius 1 is 0.724 bits per heavy atom. The Bertz CT molecular complexity index is 515. The molecule has 7 nitrogen and oxygen atoms in total. The van der Waals surface area contributed by atoms with Crippen molar-refractivity contribution in [1.82, 2.24) is 0 Å². The highest BCUT2D eigenvalue weighted by molar-refractivity contribution is 6.76. The van der Waals surface area contributed by atoms with Gasteiger partial charge in [-0.15, -0.1) is 0 Å². The average molecular weight is 449 g/mol. The van der Waals surface area contributed by atoms with Gasteiger partial charge in [0.15, 0.2) is 0 Å². The summed E-state index contributed by atoms with van der Waals surface area (Å²) in [6, 6.07) is 1.82. The van der Waals surface area contributed by atoms with Crippen LogP contribution in [0.1, 0.15) is 26.7 Å². The third-order valence-corrected chi connectivity index (χ3v) is 8.48. The Balaban J connectivity index is 0. The fourth-order valence-corrected chi connectivity index (χ4v) is 4.92. The first kappa shape index (κ1) is 29.9. The van der Waals surface area contributed by atoms with E-state index in [1.54, 1.807) is 35.2 Å². The van der Waals surface area contributed by atoms with Gasteiger partial charge in [0.25, 0.3) is 0 Å². The molecule has 0 saturated heterocycles. The fourth-order valence-electron chi connectivity index (χ4n) is 2.02. The van der Waals surface area contributed by atoms with Crippen LogP contribution in [0.4, 0.5) is 0 Å². The summed E-state index contributed by atoms with van der Waals surface area (Å²) in [4.78, 5) is 22.0. The second kappa shape index (κ2) is 15.6. The van der Waals surface area contributed by atoms with Crippen molar-refractivity contribution < 1.29 is 32.3 Å². The Labute approximate surface area is 178 Å². The van der Waals surface area contributed by atoms with Crippen LogP contribution >= 0.6 is 0 Å². The van der Waals surface area contributed by atoms with E-state index >= 15 is 0 Å². The van der Waals surface area contributed by atoms with E-state index in [1.165, 1.54) is 6.04 Å². The second-order valence-electron chi connectivity index (χ2n) is 7.90. The monoisotopic (exact) mass is 448 g/mol. The zero-order chi connectivity index (χ0) is 23.1. The number of rotatable bonds is 13. The van der Waals surface area contributed by atoms with Gasteiger partial charge >= 0.3 is 20.7 Å². The average Bonchev–Trinajstić information content (AvgIpc) is 2.65. The zero-order valence-corrected chi connectivity index (χ0v) is 21.5. The van der Waals surface area contributed by atoms with E-state index in [4.69, 9.17) is 22.8 Å². The number of esters is 2. The summed E-state index contributed by atoms with van der Waals surface area (Å²) < 4.78 is 25.6. The lowest BCUT2D eigenvalue weighted by Gasteiger charge is -2.24. The number of ether oxygens (including phenoxy) is 2. The SMILES string of the molecule is C=C(C)C(=O)OCCC[Si](C)(C)C.C=C(C)C(=O)OCCC[Si](OC)(OC)OC. The molecule has 9 heteroatoms. The van der Waals surface area contributed by atoms with E-state index in [9.17, 15) is 9.59 Å². The predicted molar refractivity (Wildman–Crippen MR) is 121 cm³/mol. The molecule has 0 rings (SSSR count). The van der Waals surface area contributed by atoms with Crippen molar-refractivity contribution in [3.05, 3.63) is 24.3 Å². The summed E-state index contributed by atoms with van der Waals surface area (Å²) in [6.07, 6.45) is 1.62. The molecule has 0 aromatic carbocycles. The first-order valence-corrected chi connectivity index (χ1v) is 15.3. The molecule has 0 aliphatic heterocycles. The molecule has 0 saturated carbocycles. The number of carbonyl (C=O) groups excluding carboxylic acids is 2. The smallest absolute Gasteiger partial charge is 0.462 e. The molecule has 0 spiro atoms. The first-order valence-electron chi connectivity index (χ1n) is 9.65. The van der Waals surface area contributed by atoms with Crippen LogP contribution in [-0.2, 0) is 32.3 Å². The lowest BCUT2D eigenvalue weighted by Crippen LogP contribution is -2.42. The number of hydrogen-bond acceptors (Lipinski definition) is 7. The van der Waals surface area contributed by atoms with Gasteiger partial charge in [0.05, 0.1) is 13.2 Å². The van der Waals surface area contributed by atoms with Gasteiger partial charge in [0, 0.05) is 46.6 Å². The molecule has 0 aliphatic rings. The van der Waals surface area contributed by atoms with Crippen molar-refractivity contribution in [3.8, 4) is 0 Å². The molecule has 0 aromatic heterocycles. The molecule has 170 valence electrons. The molecule has 0 bridgehead atoms. The summed E-state index contributed by atoms with van der Waals surface area (Å²) in [7, 11) is 1.16. The maximum Gasteiger partial charge on any atom is 0.500 e. The molecule has 0 amide bonds. The molecule has 0 fully saturated rings. The molecule has 0 radical (unpaired) electrons. The predicted octanol–water partition coefficient (Wildman–Crippen LogP) is 4.21. The highest BCUT2D eigenvalue weighted by Crippen LogP contribution is 2.15. The third-order valence-electron chi connectivity index (χ3n) is 3.79. The van der Waals surface area contributed by atoms with Crippen molar-refractivity contribution in [2.75, 3.05) is 34.5 Å². The van der Waals surface area contributed by atoms with Crippen molar-refractivity contribution >= 4 is 28.8 Å². The van der Waals surface area contributed by atoms with Gasteiger partial charge in [0.2, 0.25) is 0 Å². The molecule has 0 aromatic rings. The van der Waals surface area contributed by atoms with Gasteiger partial charge in [-0.05, 0) is 26.7 Å². The Morgan fingerprint density at radius 2 is 1.07 bits per heavy atom. The van der Waals surface area contributed by atoms with E-state index in [1.807, 2.05) is 0 Å². The molecule has 0 N–H and O–H groups in total. The van der Waals surface area contributed by atoms with Crippen LogP contribution in [0.25, 0.3) is 0 Å². The van der Waals surface area contributed by atoms with Crippen LogP contribution in [0.5, 0.6) is 0 Å². The molecular formula is C20H40O7Si2. The van der Waals surface area contributed by atoms with E-state index in [2.05, 4.69) is 32.8 Å². The lowest BCUT2D eigenvalue weighted by atomic mass is 10.4. The molecule has 0 heterocycles. The van der Waals surface area contributed by atoms with E-state index in [0.29, 0.717) is 36.8 Å². The summed E-state index contributed by atoms with van der Waals surface area (Å²) in [5.74, 6) is -0.643. The molecule has 0 unspecified atom stereocenters. The van der Waals surface area contributed by atoms with E-state index < -0.39 is 16.9 Å². The lowest BCUT2D eigenvalue weighted by molar-refractivity contribution is -0.139. The van der Waals surface area contributed by atoms with Gasteiger partial charge in [-0.1, -0.05) is 38.8 Å². The van der Waals surface area contributed by atoms with Gasteiger partial charge in [-0.25, -0.2) is 9.59 Å². The highest BCUT2D eigenvalue weighted by Gasteiger charge is 2.36. The van der Waals surface area contributed by atoms with Gasteiger partial charge in [-0.3, -0.25) is 0 Å². The van der Waals surface area contributed by atoms with Crippen LogP contribution in [0.15, 0.2) is 24.3 Å². The van der Waals surface area contributed by atoms with E-state index in [0.717, 1.165) is 6.42 Å². The quantitative estimate of drug-likeness (QED) is 0.181. The first-order chi connectivity index (χ1) is 13.3. The van der Waals surface area contributed by atoms with Crippen LogP contribution in [0.2, 0.25) is 31.7 Å². The Kier molecular flexibility index (Phi) is 16.1. The standard InChI is InChI=1S/C10H20O5Si.C10H20O2Si/c1-9(2)10(11)15-7-6-8-16(12-3,13-4)14-5;1-9(2)10(11)12-7-6-8-13(3,4)5/h1,6-8H2,2-5H3;1,6-8H2,2-5H3. The maximum atomic E-state index is 11.1. The fraction of sp³-hybridized carbons (Fsp3) is 0.700. The Morgan fingerprint density at radius 3 is 1.34 bits per heavy atom. The molecule has 0 aliphatic carbocycles. The second-order valence-corrected chi connectivity index (χ2v) is 16.6.